The second-order valence-electron chi connectivity index (χ2n) is 3.80. The van der Waals surface area contributed by atoms with Crippen LogP contribution in [0.5, 0.6) is 0 Å². The van der Waals surface area contributed by atoms with E-state index >= 15 is 0 Å². The maximum absolute atomic E-state index is 11.0. The molecule has 1 aliphatic heterocycles. The summed E-state index contributed by atoms with van der Waals surface area (Å²) in [5, 5.41) is 0. The van der Waals surface area contributed by atoms with Crippen LogP contribution in [0.3, 0.4) is 0 Å². The van der Waals surface area contributed by atoms with Crippen LogP contribution in [-0.4, -0.2) is 33.5 Å². The molecule has 17 heavy (non-hydrogen) atoms. The zero-order chi connectivity index (χ0) is 13.2. The summed E-state index contributed by atoms with van der Waals surface area (Å²) in [5.41, 5.74) is -0.146. The van der Waals surface area contributed by atoms with Crippen molar-refractivity contribution in [3.8, 4) is 0 Å². The van der Waals surface area contributed by atoms with E-state index in [-0.39, 0.29) is 12.2 Å². The fourth-order valence-electron chi connectivity index (χ4n) is 1.36. The molecule has 1 fully saturated rings. The molecule has 1 heterocycles. The molecule has 0 aromatic rings. The van der Waals surface area contributed by atoms with Gasteiger partial charge < -0.3 is 19.4 Å². The van der Waals surface area contributed by atoms with E-state index in [1.807, 2.05) is 6.92 Å². The molecule has 0 aromatic carbocycles. The van der Waals surface area contributed by atoms with Gasteiger partial charge in [-0.15, -0.1) is 0 Å². The molecule has 1 rings (SSSR count). The molecule has 0 saturated carbocycles. The quantitative estimate of drug-likeness (QED) is 0.345. The summed E-state index contributed by atoms with van der Waals surface area (Å²) in [4.78, 5) is 25.6. The Morgan fingerprint density at radius 3 is 2.35 bits per heavy atom. The van der Waals surface area contributed by atoms with E-state index < -0.39 is 15.6 Å². The lowest BCUT2D eigenvalue weighted by Crippen LogP contribution is -2.10. The van der Waals surface area contributed by atoms with Gasteiger partial charge in [0.05, 0.1) is 18.8 Å². The van der Waals surface area contributed by atoms with E-state index in [1.165, 1.54) is 0 Å². The highest BCUT2D eigenvalue weighted by molar-refractivity contribution is 7.60. The highest BCUT2D eigenvalue weighted by atomic mass is 31.3. The Balaban J connectivity index is 2.21. The first-order valence-corrected chi connectivity index (χ1v) is 8.09. The van der Waals surface area contributed by atoms with Crippen LogP contribution in [-0.2, 0) is 22.7 Å². The Bertz CT molecular complexity index is 346. The third kappa shape index (κ3) is 6.08. The standard InChI is InChI=1S/C7H16O8P2/c1-2-7(6-13-7)4-3-5-14-17(11,12)15-16(8,9)10/h2-6H2,1H3,(H,11,12)(H2,8,9,10). The molecule has 102 valence electrons. The van der Waals surface area contributed by atoms with Gasteiger partial charge in [-0.2, -0.15) is 4.31 Å². The van der Waals surface area contributed by atoms with E-state index in [2.05, 4.69) is 8.83 Å². The predicted octanol–water partition coefficient (Wildman–Crippen LogP) is 1.17. The van der Waals surface area contributed by atoms with E-state index in [0.29, 0.717) is 19.4 Å². The van der Waals surface area contributed by atoms with Crippen LogP contribution in [0.1, 0.15) is 26.2 Å². The van der Waals surface area contributed by atoms with E-state index in [0.717, 1.165) is 6.42 Å². The Labute approximate surface area is 98.7 Å². The molecule has 0 bridgehead atoms. The summed E-state index contributed by atoms with van der Waals surface area (Å²) < 4.78 is 34.6. The van der Waals surface area contributed by atoms with Crippen molar-refractivity contribution in [1.82, 2.24) is 0 Å². The maximum Gasteiger partial charge on any atom is 0.481 e. The van der Waals surface area contributed by atoms with Gasteiger partial charge in [0, 0.05) is 0 Å². The van der Waals surface area contributed by atoms with Gasteiger partial charge in [0.1, 0.15) is 0 Å². The van der Waals surface area contributed by atoms with Crippen molar-refractivity contribution in [3.05, 3.63) is 0 Å². The first-order chi connectivity index (χ1) is 7.68. The topological polar surface area (TPSA) is 126 Å². The summed E-state index contributed by atoms with van der Waals surface area (Å²) in [6, 6.07) is 0. The number of epoxide rings is 1. The Morgan fingerprint density at radius 1 is 1.35 bits per heavy atom. The van der Waals surface area contributed by atoms with Crippen LogP contribution in [0, 0.1) is 0 Å². The molecule has 0 aliphatic carbocycles. The molecule has 10 heteroatoms. The molecule has 3 N–H and O–H groups in total. The van der Waals surface area contributed by atoms with Crippen molar-refractivity contribution >= 4 is 15.6 Å². The Kier molecular flexibility index (Phi) is 4.91. The van der Waals surface area contributed by atoms with Gasteiger partial charge in [-0.25, -0.2) is 9.13 Å². The lowest BCUT2D eigenvalue weighted by Gasteiger charge is -2.13. The van der Waals surface area contributed by atoms with Crippen molar-refractivity contribution in [1.29, 1.82) is 0 Å². The molecule has 0 aromatic heterocycles. The van der Waals surface area contributed by atoms with Gasteiger partial charge in [0.2, 0.25) is 0 Å². The molecular formula is C7H16O8P2. The number of phosphoric acid groups is 2. The molecule has 2 unspecified atom stereocenters. The number of hydrogen-bond acceptors (Lipinski definition) is 5. The minimum atomic E-state index is -5.02. The molecule has 0 radical (unpaired) electrons. The molecule has 0 amide bonds. The van der Waals surface area contributed by atoms with Crippen LogP contribution in [0.25, 0.3) is 0 Å². The smallest absolute Gasteiger partial charge is 0.370 e. The highest BCUT2D eigenvalue weighted by Gasteiger charge is 2.42. The van der Waals surface area contributed by atoms with Gasteiger partial charge in [0.25, 0.3) is 0 Å². The first-order valence-electron chi connectivity index (χ1n) is 5.06. The zero-order valence-corrected chi connectivity index (χ0v) is 11.1. The predicted molar refractivity (Wildman–Crippen MR) is 57.1 cm³/mol. The van der Waals surface area contributed by atoms with Gasteiger partial charge in [0.15, 0.2) is 0 Å². The molecule has 8 nitrogen and oxygen atoms in total. The van der Waals surface area contributed by atoms with E-state index in [9.17, 15) is 9.13 Å². The monoisotopic (exact) mass is 290 g/mol. The molecule has 1 saturated heterocycles. The summed E-state index contributed by atoms with van der Waals surface area (Å²) >= 11 is 0. The third-order valence-corrected chi connectivity index (χ3v) is 4.62. The molecule has 1 aliphatic rings. The summed E-state index contributed by atoms with van der Waals surface area (Å²) in [6.07, 6.45) is 1.96. The summed E-state index contributed by atoms with van der Waals surface area (Å²) in [6.45, 7) is 2.51. The second-order valence-corrected chi connectivity index (χ2v) is 6.63. The maximum atomic E-state index is 11.0. The lowest BCUT2D eigenvalue weighted by molar-refractivity contribution is 0.169. The minimum absolute atomic E-state index is 0.126. The average Bonchev–Trinajstić information content (AvgIpc) is 2.89. The lowest BCUT2D eigenvalue weighted by atomic mass is 10.0. The molecular weight excluding hydrogens is 274 g/mol. The average molecular weight is 290 g/mol. The fraction of sp³-hybridized carbons (Fsp3) is 1.00. The normalized spacial score (nSPS) is 27.8. The van der Waals surface area contributed by atoms with Crippen molar-refractivity contribution in [3.63, 3.8) is 0 Å². The van der Waals surface area contributed by atoms with Crippen molar-refractivity contribution in [2.75, 3.05) is 13.2 Å². The SMILES string of the molecule is CCC1(CCCOP(=O)(O)OP(=O)(O)O)CO1. The number of phosphoric ester groups is 1. The number of ether oxygens (including phenoxy) is 1. The van der Waals surface area contributed by atoms with Gasteiger partial charge >= 0.3 is 15.6 Å². The third-order valence-electron chi connectivity index (χ3n) is 2.44. The second kappa shape index (κ2) is 5.47. The highest BCUT2D eigenvalue weighted by Crippen LogP contribution is 2.57. The first kappa shape index (κ1) is 15.3. The Morgan fingerprint density at radius 2 is 1.94 bits per heavy atom. The summed E-state index contributed by atoms with van der Waals surface area (Å²) in [7, 11) is -9.71. The minimum Gasteiger partial charge on any atom is -0.370 e. The van der Waals surface area contributed by atoms with Crippen LogP contribution < -0.4 is 0 Å². The van der Waals surface area contributed by atoms with Crippen molar-refractivity contribution in [2.45, 2.75) is 31.8 Å². The summed E-state index contributed by atoms with van der Waals surface area (Å²) in [5.74, 6) is 0. The van der Waals surface area contributed by atoms with Gasteiger partial charge in [-0.1, -0.05) is 6.92 Å². The van der Waals surface area contributed by atoms with Crippen molar-refractivity contribution < 1.29 is 37.4 Å². The fourth-order valence-corrected chi connectivity index (χ4v) is 2.98. The van der Waals surface area contributed by atoms with Crippen LogP contribution in [0.15, 0.2) is 0 Å². The van der Waals surface area contributed by atoms with Crippen LogP contribution in [0.2, 0.25) is 0 Å². The zero-order valence-electron chi connectivity index (χ0n) is 9.31. The number of hydrogen-bond donors (Lipinski definition) is 3. The van der Waals surface area contributed by atoms with E-state index in [4.69, 9.17) is 19.4 Å². The Hall–Kier alpha value is 0.220. The van der Waals surface area contributed by atoms with Crippen molar-refractivity contribution in [2.24, 2.45) is 0 Å². The largest absolute Gasteiger partial charge is 0.481 e. The molecule has 0 spiro atoms. The van der Waals surface area contributed by atoms with Crippen LogP contribution >= 0.6 is 15.6 Å². The number of rotatable bonds is 8. The molecule has 2 atom stereocenters. The van der Waals surface area contributed by atoms with E-state index in [1.54, 1.807) is 0 Å². The van der Waals surface area contributed by atoms with Gasteiger partial charge in [-0.05, 0) is 19.3 Å². The van der Waals surface area contributed by atoms with Gasteiger partial charge in [-0.3, -0.25) is 4.52 Å². The van der Waals surface area contributed by atoms with Crippen LogP contribution in [0.4, 0.5) is 0 Å².